The van der Waals surface area contributed by atoms with Gasteiger partial charge in [-0.2, -0.15) is 0 Å². The number of nitrogens with zero attached hydrogens (tertiary/aromatic N) is 1. The van der Waals surface area contributed by atoms with Gasteiger partial charge in [0.15, 0.2) is 0 Å². The highest BCUT2D eigenvalue weighted by Gasteiger charge is 2.13. The fourth-order valence-electron chi connectivity index (χ4n) is 1.22. The Kier molecular flexibility index (Phi) is 6.87. The van der Waals surface area contributed by atoms with Crippen LogP contribution < -0.4 is 5.32 Å². The van der Waals surface area contributed by atoms with Crippen LogP contribution in [0.2, 0.25) is 0 Å². The van der Waals surface area contributed by atoms with Crippen molar-refractivity contribution in [2.45, 2.75) is 32.7 Å². The largest absolute Gasteiger partial charge is 0.342 e. The molecule has 0 aromatic carbocycles. The van der Waals surface area contributed by atoms with E-state index in [1.807, 2.05) is 7.05 Å². The van der Waals surface area contributed by atoms with Gasteiger partial charge in [0.1, 0.15) is 0 Å². The molecule has 0 aromatic rings. The normalized spacial score (nSPS) is 11.9. The monoisotopic (exact) mass is 196 g/mol. The Balaban J connectivity index is 3.81. The summed E-state index contributed by atoms with van der Waals surface area (Å²) < 4.78 is 0. The number of carbonyl (C=O) groups is 1. The summed E-state index contributed by atoms with van der Waals surface area (Å²) >= 11 is 0. The zero-order valence-corrected chi connectivity index (χ0v) is 9.34. The molecule has 3 heteroatoms. The molecule has 1 amide bonds. The molecule has 0 bridgehead atoms. The van der Waals surface area contributed by atoms with Gasteiger partial charge in [0.25, 0.3) is 0 Å². The number of hydrogen-bond acceptors (Lipinski definition) is 2. The Labute approximate surface area is 86.9 Å². The summed E-state index contributed by atoms with van der Waals surface area (Å²) in [4.78, 5) is 13.3. The van der Waals surface area contributed by atoms with Gasteiger partial charge in [-0.25, -0.2) is 0 Å². The smallest absolute Gasteiger partial charge is 0.236 e. The summed E-state index contributed by atoms with van der Waals surface area (Å²) in [7, 11) is 1.83. The van der Waals surface area contributed by atoms with Crippen LogP contribution in [0.5, 0.6) is 0 Å². The molecule has 0 aliphatic heterocycles. The van der Waals surface area contributed by atoms with Gasteiger partial charge in [-0.1, -0.05) is 19.3 Å². The van der Waals surface area contributed by atoms with Crippen LogP contribution in [-0.4, -0.2) is 37.0 Å². The number of nitrogens with one attached hydrogen (secondary N) is 1. The highest BCUT2D eigenvalue weighted by Crippen LogP contribution is 2.03. The maximum atomic E-state index is 11.5. The summed E-state index contributed by atoms with van der Waals surface area (Å²) in [5, 5.41) is 2.89. The summed E-state index contributed by atoms with van der Waals surface area (Å²) in [5.41, 5.74) is 0. The highest BCUT2D eigenvalue weighted by molar-refractivity contribution is 5.78. The van der Waals surface area contributed by atoms with Crippen LogP contribution in [0, 0.1) is 12.3 Å². The summed E-state index contributed by atoms with van der Waals surface area (Å²) in [6.07, 6.45) is 7.19. The molecule has 0 heterocycles. The summed E-state index contributed by atoms with van der Waals surface area (Å²) in [6, 6.07) is 0.306. The van der Waals surface area contributed by atoms with E-state index >= 15 is 0 Å². The molecule has 1 N–H and O–H groups in total. The molecular formula is C11H20N2O. The van der Waals surface area contributed by atoms with Gasteiger partial charge in [0, 0.05) is 13.1 Å². The molecule has 0 saturated carbocycles. The molecule has 0 spiro atoms. The molecule has 0 rings (SSSR count). The van der Waals surface area contributed by atoms with Crippen LogP contribution in [-0.2, 0) is 4.79 Å². The number of carbonyl (C=O) groups excluding carboxylic acids is 1. The van der Waals surface area contributed by atoms with Gasteiger partial charge in [-0.05, 0) is 13.3 Å². The summed E-state index contributed by atoms with van der Waals surface area (Å²) in [6.45, 7) is 4.95. The van der Waals surface area contributed by atoms with E-state index in [4.69, 9.17) is 6.42 Å². The molecular weight excluding hydrogens is 176 g/mol. The molecule has 1 unspecified atom stereocenters. The fraction of sp³-hybridized carbons (Fsp3) is 0.727. The van der Waals surface area contributed by atoms with E-state index in [-0.39, 0.29) is 5.91 Å². The Morgan fingerprint density at radius 2 is 2.29 bits per heavy atom. The first-order chi connectivity index (χ1) is 6.63. The Hall–Kier alpha value is -1.01. The number of hydrogen-bond donors (Lipinski definition) is 1. The molecule has 0 aliphatic carbocycles. The quantitative estimate of drug-likeness (QED) is 0.505. The lowest BCUT2D eigenvalue weighted by Crippen LogP contribution is -2.40. The molecule has 80 valence electrons. The van der Waals surface area contributed by atoms with Gasteiger partial charge in [0.2, 0.25) is 5.91 Å². The zero-order valence-electron chi connectivity index (χ0n) is 9.34. The predicted molar refractivity (Wildman–Crippen MR) is 58.8 cm³/mol. The van der Waals surface area contributed by atoms with Crippen LogP contribution in [0.1, 0.15) is 26.7 Å². The van der Waals surface area contributed by atoms with Gasteiger partial charge in [0.05, 0.1) is 13.1 Å². The third-order valence-electron chi connectivity index (χ3n) is 2.26. The zero-order chi connectivity index (χ0) is 11.0. The molecule has 14 heavy (non-hydrogen) atoms. The van der Waals surface area contributed by atoms with Gasteiger partial charge >= 0.3 is 0 Å². The third kappa shape index (κ3) is 4.88. The van der Waals surface area contributed by atoms with Crippen molar-refractivity contribution >= 4 is 5.91 Å². The lowest BCUT2D eigenvalue weighted by molar-refractivity contribution is -0.130. The second-order valence-corrected chi connectivity index (χ2v) is 3.45. The molecule has 0 radical (unpaired) electrons. The second-order valence-electron chi connectivity index (χ2n) is 3.45. The number of likely N-dealkylation sites (N-methyl/N-ethyl adjacent to an activating group) is 1. The minimum Gasteiger partial charge on any atom is -0.342 e. The van der Waals surface area contributed by atoms with Gasteiger partial charge in [-0.15, -0.1) is 6.42 Å². The van der Waals surface area contributed by atoms with Crippen molar-refractivity contribution in [1.29, 1.82) is 0 Å². The maximum Gasteiger partial charge on any atom is 0.236 e. The van der Waals surface area contributed by atoms with E-state index in [2.05, 4.69) is 25.1 Å². The number of amides is 1. The highest BCUT2D eigenvalue weighted by atomic mass is 16.2. The lowest BCUT2D eigenvalue weighted by atomic mass is 10.2. The number of terminal acetylenes is 1. The first-order valence-electron chi connectivity index (χ1n) is 5.03. The lowest BCUT2D eigenvalue weighted by Gasteiger charge is -2.24. The Bertz CT molecular complexity index is 208. The minimum atomic E-state index is 0.0983. The van der Waals surface area contributed by atoms with Crippen molar-refractivity contribution < 1.29 is 4.79 Å². The van der Waals surface area contributed by atoms with Crippen molar-refractivity contribution in [3.8, 4) is 12.3 Å². The van der Waals surface area contributed by atoms with Gasteiger partial charge in [-0.3, -0.25) is 10.1 Å². The van der Waals surface area contributed by atoms with Crippen molar-refractivity contribution in [3.05, 3.63) is 0 Å². The SMILES string of the molecule is C#CCNCC(=O)N(C)C(C)CCC. The van der Waals surface area contributed by atoms with Crippen LogP contribution in [0.15, 0.2) is 0 Å². The van der Waals surface area contributed by atoms with Crippen molar-refractivity contribution in [2.24, 2.45) is 0 Å². The van der Waals surface area contributed by atoms with E-state index < -0.39 is 0 Å². The van der Waals surface area contributed by atoms with Crippen molar-refractivity contribution in [1.82, 2.24) is 10.2 Å². The Morgan fingerprint density at radius 3 is 2.79 bits per heavy atom. The average Bonchev–Trinajstić information content (AvgIpc) is 2.17. The molecule has 1 atom stereocenters. The molecule has 0 aliphatic rings. The Morgan fingerprint density at radius 1 is 1.64 bits per heavy atom. The molecule has 0 fully saturated rings. The van der Waals surface area contributed by atoms with E-state index in [1.165, 1.54) is 0 Å². The first kappa shape index (κ1) is 13.0. The average molecular weight is 196 g/mol. The van der Waals surface area contributed by atoms with E-state index in [0.29, 0.717) is 19.1 Å². The number of rotatable bonds is 6. The molecule has 3 nitrogen and oxygen atoms in total. The third-order valence-corrected chi connectivity index (χ3v) is 2.26. The standard InChI is InChI=1S/C11H20N2O/c1-5-7-10(3)13(4)11(14)9-12-8-6-2/h2,10,12H,5,7-9H2,1,3-4H3. The topological polar surface area (TPSA) is 32.3 Å². The van der Waals surface area contributed by atoms with Crippen LogP contribution in [0.25, 0.3) is 0 Å². The maximum absolute atomic E-state index is 11.5. The van der Waals surface area contributed by atoms with Crippen LogP contribution >= 0.6 is 0 Å². The summed E-state index contributed by atoms with van der Waals surface area (Å²) in [5.74, 6) is 2.53. The first-order valence-corrected chi connectivity index (χ1v) is 5.03. The van der Waals surface area contributed by atoms with E-state index in [0.717, 1.165) is 12.8 Å². The van der Waals surface area contributed by atoms with Crippen molar-refractivity contribution in [2.75, 3.05) is 20.1 Å². The predicted octanol–water partition coefficient (Wildman–Crippen LogP) is 0.856. The van der Waals surface area contributed by atoms with E-state index in [1.54, 1.807) is 4.90 Å². The molecule has 0 saturated heterocycles. The second kappa shape index (κ2) is 7.40. The fourth-order valence-corrected chi connectivity index (χ4v) is 1.22. The van der Waals surface area contributed by atoms with Crippen LogP contribution in [0.3, 0.4) is 0 Å². The van der Waals surface area contributed by atoms with Gasteiger partial charge < -0.3 is 4.90 Å². The van der Waals surface area contributed by atoms with Crippen molar-refractivity contribution in [3.63, 3.8) is 0 Å². The minimum absolute atomic E-state index is 0.0983. The molecule has 0 aromatic heterocycles. The van der Waals surface area contributed by atoms with E-state index in [9.17, 15) is 4.79 Å². The van der Waals surface area contributed by atoms with Crippen LogP contribution in [0.4, 0.5) is 0 Å².